The Kier molecular flexibility index (Phi) is 3.86. The van der Waals surface area contributed by atoms with E-state index in [2.05, 4.69) is 42.2 Å². The third-order valence-corrected chi connectivity index (χ3v) is 3.41. The fraction of sp³-hybridized carbons (Fsp3) is 0.364. The van der Waals surface area contributed by atoms with E-state index in [0.717, 1.165) is 39.2 Å². The maximum Gasteiger partial charge on any atom is 0.147 e. The second-order valence-corrected chi connectivity index (χ2v) is 5.07. The zero-order valence-electron chi connectivity index (χ0n) is 8.89. The number of halogens is 2. The summed E-state index contributed by atoms with van der Waals surface area (Å²) in [6, 6.07) is 4.04. The Bertz CT molecular complexity index is 409. The standard InChI is InChI=1S/C11H12Br2N2O/c1-2-16-10-8(12)5-7(6-9(10)13)11-14-3-4-15-11/h5-6H,2-4H2,1H3,(H,14,15). The lowest BCUT2D eigenvalue weighted by Crippen LogP contribution is -2.19. The predicted octanol–water partition coefficient (Wildman–Crippen LogP) is 2.96. The molecule has 1 N–H and O–H groups in total. The smallest absolute Gasteiger partial charge is 0.147 e. The molecular formula is C11H12Br2N2O. The maximum atomic E-state index is 5.53. The van der Waals surface area contributed by atoms with E-state index in [0.29, 0.717) is 6.61 Å². The number of rotatable bonds is 3. The molecule has 0 saturated heterocycles. The summed E-state index contributed by atoms with van der Waals surface area (Å²) in [6.45, 7) is 4.38. The summed E-state index contributed by atoms with van der Waals surface area (Å²) < 4.78 is 7.41. The number of benzene rings is 1. The van der Waals surface area contributed by atoms with E-state index in [4.69, 9.17) is 4.74 Å². The molecule has 0 fully saturated rings. The molecule has 1 aromatic carbocycles. The summed E-state index contributed by atoms with van der Waals surface area (Å²) in [5, 5.41) is 3.25. The molecule has 1 aliphatic rings. The second-order valence-electron chi connectivity index (χ2n) is 3.36. The number of hydrogen-bond donors (Lipinski definition) is 1. The van der Waals surface area contributed by atoms with Crippen LogP contribution in [0.2, 0.25) is 0 Å². The van der Waals surface area contributed by atoms with Crippen molar-refractivity contribution in [1.29, 1.82) is 0 Å². The Morgan fingerprint density at radius 3 is 2.56 bits per heavy atom. The monoisotopic (exact) mass is 346 g/mol. The first-order chi connectivity index (χ1) is 7.72. The molecule has 0 bridgehead atoms. The molecule has 0 amide bonds. The van der Waals surface area contributed by atoms with E-state index < -0.39 is 0 Å². The number of amidine groups is 1. The highest BCUT2D eigenvalue weighted by atomic mass is 79.9. The van der Waals surface area contributed by atoms with Crippen molar-refractivity contribution in [3.8, 4) is 5.75 Å². The number of nitrogens with zero attached hydrogens (tertiary/aromatic N) is 1. The Balaban J connectivity index is 2.36. The minimum Gasteiger partial charge on any atom is -0.492 e. The van der Waals surface area contributed by atoms with Crippen LogP contribution in [0.3, 0.4) is 0 Å². The molecule has 0 unspecified atom stereocenters. The van der Waals surface area contributed by atoms with Gasteiger partial charge in [0.15, 0.2) is 0 Å². The van der Waals surface area contributed by atoms with Gasteiger partial charge < -0.3 is 10.1 Å². The SMILES string of the molecule is CCOc1c(Br)cc(C2=NCCN2)cc1Br. The predicted molar refractivity (Wildman–Crippen MR) is 72.4 cm³/mol. The van der Waals surface area contributed by atoms with Gasteiger partial charge in [0.2, 0.25) is 0 Å². The van der Waals surface area contributed by atoms with Crippen LogP contribution in [0.5, 0.6) is 5.75 Å². The third-order valence-electron chi connectivity index (χ3n) is 2.23. The van der Waals surface area contributed by atoms with Gasteiger partial charge in [0.1, 0.15) is 11.6 Å². The highest BCUT2D eigenvalue weighted by Gasteiger charge is 2.13. The second kappa shape index (κ2) is 5.19. The van der Waals surface area contributed by atoms with E-state index >= 15 is 0 Å². The number of ether oxygens (including phenoxy) is 1. The molecule has 2 rings (SSSR count). The van der Waals surface area contributed by atoms with E-state index in [1.165, 1.54) is 0 Å². The zero-order valence-corrected chi connectivity index (χ0v) is 12.1. The molecule has 3 nitrogen and oxygen atoms in total. The van der Waals surface area contributed by atoms with Crippen molar-refractivity contribution in [2.24, 2.45) is 4.99 Å². The van der Waals surface area contributed by atoms with Crippen LogP contribution in [0.1, 0.15) is 12.5 Å². The van der Waals surface area contributed by atoms with Crippen LogP contribution in [0.4, 0.5) is 0 Å². The van der Waals surface area contributed by atoms with Crippen molar-refractivity contribution in [1.82, 2.24) is 5.32 Å². The van der Waals surface area contributed by atoms with E-state index in [1.54, 1.807) is 0 Å². The molecule has 0 aromatic heterocycles. The number of aliphatic imine (C=N–C) groups is 1. The van der Waals surface area contributed by atoms with Gasteiger partial charge in [-0.3, -0.25) is 4.99 Å². The largest absolute Gasteiger partial charge is 0.492 e. The van der Waals surface area contributed by atoms with Gasteiger partial charge >= 0.3 is 0 Å². The lowest BCUT2D eigenvalue weighted by atomic mass is 10.2. The van der Waals surface area contributed by atoms with Gasteiger partial charge in [-0.2, -0.15) is 0 Å². The van der Waals surface area contributed by atoms with Gasteiger partial charge in [-0.1, -0.05) is 0 Å². The fourth-order valence-electron chi connectivity index (χ4n) is 1.57. The Hall–Kier alpha value is -0.550. The normalized spacial score (nSPS) is 14.6. The first-order valence-electron chi connectivity index (χ1n) is 5.13. The average molecular weight is 348 g/mol. The van der Waals surface area contributed by atoms with Gasteiger partial charge in [-0.25, -0.2) is 0 Å². The maximum absolute atomic E-state index is 5.53. The lowest BCUT2D eigenvalue weighted by molar-refractivity contribution is 0.336. The Morgan fingerprint density at radius 1 is 1.38 bits per heavy atom. The van der Waals surface area contributed by atoms with Crippen LogP contribution in [0, 0.1) is 0 Å². The highest BCUT2D eigenvalue weighted by Crippen LogP contribution is 2.34. The summed E-state index contributed by atoms with van der Waals surface area (Å²) in [4.78, 5) is 4.39. The van der Waals surface area contributed by atoms with Gasteiger partial charge in [0, 0.05) is 12.1 Å². The van der Waals surface area contributed by atoms with Crippen LogP contribution < -0.4 is 10.1 Å². The average Bonchev–Trinajstić information content (AvgIpc) is 2.76. The molecule has 0 saturated carbocycles. The van der Waals surface area contributed by atoms with Crippen LogP contribution in [0.15, 0.2) is 26.1 Å². The summed E-state index contributed by atoms with van der Waals surface area (Å²) in [5.74, 6) is 1.79. The van der Waals surface area contributed by atoms with Crippen LogP contribution in [0.25, 0.3) is 0 Å². The van der Waals surface area contributed by atoms with Gasteiger partial charge in [-0.05, 0) is 50.9 Å². The van der Waals surface area contributed by atoms with E-state index in [1.807, 2.05) is 19.1 Å². The minimum atomic E-state index is 0.649. The van der Waals surface area contributed by atoms with Gasteiger partial charge in [0.05, 0.1) is 22.1 Å². The summed E-state index contributed by atoms with van der Waals surface area (Å²) in [7, 11) is 0. The van der Waals surface area contributed by atoms with Gasteiger partial charge in [-0.15, -0.1) is 0 Å². The van der Waals surface area contributed by atoms with Crippen LogP contribution in [-0.2, 0) is 0 Å². The van der Waals surface area contributed by atoms with Gasteiger partial charge in [0.25, 0.3) is 0 Å². The Morgan fingerprint density at radius 2 is 2.06 bits per heavy atom. The molecule has 0 radical (unpaired) electrons. The molecule has 16 heavy (non-hydrogen) atoms. The first-order valence-corrected chi connectivity index (χ1v) is 6.71. The van der Waals surface area contributed by atoms with E-state index in [9.17, 15) is 0 Å². The number of nitrogens with one attached hydrogen (secondary N) is 1. The molecule has 5 heteroatoms. The van der Waals surface area contributed by atoms with Crippen molar-refractivity contribution >= 4 is 37.7 Å². The molecule has 1 heterocycles. The quantitative estimate of drug-likeness (QED) is 0.912. The van der Waals surface area contributed by atoms with Crippen molar-refractivity contribution in [2.45, 2.75) is 6.92 Å². The molecule has 0 aliphatic carbocycles. The minimum absolute atomic E-state index is 0.649. The lowest BCUT2D eigenvalue weighted by Gasteiger charge is -2.11. The van der Waals surface area contributed by atoms with Crippen molar-refractivity contribution in [3.05, 3.63) is 26.6 Å². The summed E-state index contributed by atoms with van der Waals surface area (Å²) in [5.41, 5.74) is 1.07. The molecule has 0 spiro atoms. The Labute approximate surface area is 112 Å². The molecular weight excluding hydrogens is 336 g/mol. The van der Waals surface area contributed by atoms with E-state index in [-0.39, 0.29) is 0 Å². The zero-order chi connectivity index (χ0) is 11.5. The third kappa shape index (κ3) is 2.40. The van der Waals surface area contributed by atoms with Crippen molar-refractivity contribution < 1.29 is 4.74 Å². The molecule has 0 atom stereocenters. The molecule has 86 valence electrons. The van der Waals surface area contributed by atoms with Crippen molar-refractivity contribution in [3.63, 3.8) is 0 Å². The first kappa shape index (κ1) is 11.9. The summed E-state index contributed by atoms with van der Waals surface area (Å²) in [6.07, 6.45) is 0. The van der Waals surface area contributed by atoms with Crippen LogP contribution in [-0.4, -0.2) is 25.5 Å². The summed E-state index contributed by atoms with van der Waals surface area (Å²) >= 11 is 7.02. The molecule has 1 aliphatic heterocycles. The molecule has 1 aromatic rings. The number of hydrogen-bond acceptors (Lipinski definition) is 3. The van der Waals surface area contributed by atoms with Crippen molar-refractivity contribution in [2.75, 3.05) is 19.7 Å². The fourth-order valence-corrected chi connectivity index (χ4v) is 2.99. The van der Waals surface area contributed by atoms with Crippen LogP contribution >= 0.6 is 31.9 Å². The highest BCUT2D eigenvalue weighted by molar-refractivity contribution is 9.11. The topological polar surface area (TPSA) is 33.6 Å².